The molecule has 1 aromatic carbocycles. The number of benzene rings is 1. The summed E-state index contributed by atoms with van der Waals surface area (Å²) in [6.45, 7) is 3.88. The van der Waals surface area contributed by atoms with Gasteiger partial charge in [-0.3, -0.25) is 28.5 Å². The second-order valence-corrected chi connectivity index (χ2v) is 7.12. The fourth-order valence-electron chi connectivity index (χ4n) is 3.80. The van der Waals surface area contributed by atoms with Gasteiger partial charge in [-0.05, 0) is 31.5 Å². The van der Waals surface area contributed by atoms with E-state index in [1.807, 2.05) is 32.0 Å². The van der Waals surface area contributed by atoms with Crippen molar-refractivity contribution in [1.29, 1.82) is 0 Å². The van der Waals surface area contributed by atoms with Crippen molar-refractivity contribution in [1.82, 2.24) is 18.9 Å². The molecule has 0 saturated heterocycles. The molecule has 1 amide bonds. The highest BCUT2D eigenvalue weighted by Crippen LogP contribution is 2.36. The van der Waals surface area contributed by atoms with Gasteiger partial charge in [-0.15, -0.1) is 0 Å². The molecule has 1 aliphatic rings. The minimum Gasteiger partial charge on any atom is -0.311 e. The second kappa shape index (κ2) is 5.48. The lowest BCUT2D eigenvalue weighted by Crippen LogP contribution is -2.27. The zero-order valence-electron chi connectivity index (χ0n) is 15.2. The molecule has 0 radical (unpaired) electrons. The predicted molar refractivity (Wildman–Crippen MR) is 98.7 cm³/mol. The minimum absolute atomic E-state index is 0.0166. The molecule has 0 spiro atoms. The number of aryl methyl sites for hydroxylation is 2. The number of imidazole rings is 1. The van der Waals surface area contributed by atoms with Gasteiger partial charge in [-0.25, -0.2) is 4.79 Å². The Kier molecular flexibility index (Phi) is 3.47. The van der Waals surface area contributed by atoms with Crippen LogP contribution in [0, 0.1) is 0 Å². The van der Waals surface area contributed by atoms with Gasteiger partial charge in [0.15, 0.2) is 0 Å². The summed E-state index contributed by atoms with van der Waals surface area (Å²) in [5.74, 6) is 0.0634. The molecule has 26 heavy (non-hydrogen) atoms. The summed E-state index contributed by atoms with van der Waals surface area (Å²) in [4.78, 5) is 37.0. The van der Waals surface area contributed by atoms with E-state index in [1.54, 1.807) is 27.9 Å². The first-order chi connectivity index (χ1) is 12.3. The van der Waals surface area contributed by atoms with Crippen LogP contribution in [0.5, 0.6) is 0 Å². The fourth-order valence-corrected chi connectivity index (χ4v) is 3.80. The van der Waals surface area contributed by atoms with E-state index in [-0.39, 0.29) is 35.5 Å². The van der Waals surface area contributed by atoms with Crippen LogP contribution >= 0.6 is 0 Å². The topological polar surface area (TPSA) is 93.8 Å². The van der Waals surface area contributed by atoms with Crippen molar-refractivity contribution in [2.24, 2.45) is 14.1 Å². The molecule has 8 heteroatoms. The van der Waals surface area contributed by atoms with Gasteiger partial charge in [-0.1, -0.05) is 6.07 Å². The third-order valence-electron chi connectivity index (χ3n) is 5.17. The number of nitrogens with one attached hydrogen (secondary N) is 2. The number of carbonyl (C=O) groups is 1. The minimum atomic E-state index is -0.345. The number of carbonyl (C=O) groups excluding carboxylic acids is 1. The number of rotatable bonds is 2. The lowest BCUT2D eigenvalue weighted by atomic mass is 9.87. The van der Waals surface area contributed by atoms with E-state index in [0.717, 1.165) is 16.6 Å². The Balaban J connectivity index is 1.94. The van der Waals surface area contributed by atoms with Crippen LogP contribution in [0.25, 0.3) is 11.0 Å². The highest BCUT2D eigenvalue weighted by molar-refractivity contribution is 5.94. The number of hydrogen-bond donors (Lipinski definition) is 2. The summed E-state index contributed by atoms with van der Waals surface area (Å²) in [7, 11) is 3.44. The molecule has 1 aliphatic heterocycles. The average molecular weight is 355 g/mol. The highest BCUT2D eigenvalue weighted by Gasteiger charge is 2.33. The largest absolute Gasteiger partial charge is 0.328 e. The monoisotopic (exact) mass is 355 g/mol. The van der Waals surface area contributed by atoms with Crippen molar-refractivity contribution in [3.05, 3.63) is 50.2 Å². The molecule has 0 fully saturated rings. The van der Waals surface area contributed by atoms with E-state index in [9.17, 15) is 14.4 Å². The summed E-state index contributed by atoms with van der Waals surface area (Å²) in [5.41, 5.74) is 2.71. The summed E-state index contributed by atoms with van der Waals surface area (Å²) >= 11 is 0. The van der Waals surface area contributed by atoms with Gasteiger partial charge in [0.25, 0.3) is 5.56 Å². The molecule has 1 atom stereocenters. The number of amides is 1. The maximum absolute atomic E-state index is 12.6. The Bertz CT molecular complexity index is 1160. The van der Waals surface area contributed by atoms with Gasteiger partial charge in [0.1, 0.15) is 5.82 Å². The SMILES string of the molecule is CC(C)n1[nH]c(=O)c2c1NC(=O)C[C@@H]2c1ccc2c(c1)n(C)c(=O)n2C. The van der Waals surface area contributed by atoms with Gasteiger partial charge < -0.3 is 5.32 Å². The molecule has 3 heterocycles. The van der Waals surface area contributed by atoms with E-state index >= 15 is 0 Å². The lowest BCUT2D eigenvalue weighted by Gasteiger charge is -2.24. The van der Waals surface area contributed by atoms with Crippen LogP contribution in [0.4, 0.5) is 5.82 Å². The van der Waals surface area contributed by atoms with Crippen molar-refractivity contribution in [2.75, 3.05) is 5.32 Å². The summed E-state index contributed by atoms with van der Waals surface area (Å²) in [6, 6.07) is 5.67. The number of anilines is 1. The van der Waals surface area contributed by atoms with E-state index < -0.39 is 0 Å². The zero-order chi connectivity index (χ0) is 18.7. The maximum atomic E-state index is 12.6. The molecule has 2 aromatic heterocycles. The molecule has 4 rings (SSSR count). The fraction of sp³-hybridized carbons (Fsp3) is 0.389. The smallest absolute Gasteiger partial charge is 0.311 e. The average Bonchev–Trinajstić information content (AvgIpc) is 3.04. The molecule has 0 bridgehead atoms. The molecular formula is C18H21N5O3. The highest BCUT2D eigenvalue weighted by atomic mass is 16.2. The predicted octanol–water partition coefficient (Wildman–Crippen LogP) is 1.42. The van der Waals surface area contributed by atoms with Crippen molar-refractivity contribution in [3.63, 3.8) is 0 Å². The first kappa shape index (κ1) is 16.4. The molecular weight excluding hydrogens is 334 g/mol. The number of H-pyrrole nitrogens is 1. The number of fused-ring (bicyclic) bond motifs is 2. The standard InChI is InChI=1S/C18H21N5O3/c1-9(2)23-16-15(17(25)20-23)11(8-14(24)19-16)10-5-6-12-13(7-10)22(4)18(26)21(12)3/h5-7,9,11H,8H2,1-4H3,(H,19,24)(H,20,25)/t11-/m1/s1. The Morgan fingerprint density at radius 3 is 2.46 bits per heavy atom. The van der Waals surface area contributed by atoms with E-state index in [0.29, 0.717) is 11.4 Å². The molecule has 0 unspecified atom stereocenters. The third-order valence-corrected chi connectivity index (χ3v) is 5.17. The quantitative estimate of drug-likeness (QED) is 0.728. The van der Waals surface area contributed by atoms with E-state index in [4.69, 9.17) is 0 Å². The van der Waals surface area contributed by atoms with E-state index in [2.05, 4.69) is 10.4 Å². The molecule has 3 aromatic rings. The number of aromatic nitrogens is 4. The summed E-state index contributed by atoms with van der Waals surface area (Å²) < 4.78 is 4.85. The molecule has 0 saturated carbocycles. The number of aromatic amines is 1. The van der Waals surface area contributed by atoms with Crippen molar-refractivity contribution >= 4 is 22.8 Å². The van der Waals surface area contributed by atoms with Crippen LogP contribution in [0.1, 0.15) is 43.4 Å². The molecule has 8 nitrogen and oxygen atoms in total. The van der Waals surface area contributed by atoms with Crippen molar-refractivity contribution < 1.29 is 4.79 Å². The number of hydrogen-bond acceptors (Lipinski definition) is 3. The first-order valence-electron chi connectivity index (χ1n) is 8.59. The van der Waals surface area contributed by atoms with Gasteiger partial charge >= 0.3 is 5.69 Å². The zero-order valence-corrected chi connectivity index (χ0v) is 15.2. The lowest BCUT2D eigenvalue weighted by molar-refractivity contribution is -0.116. The molecule has 0 aliphatic carbocycles. The Labute approximate surface area is 149 Å². The second-order valence-electron chi connectivity index (χ2n) is 7.12. The molecule has 136 valence electrons. The summed E-state index contributed by atoms with van der Waals surface area (Å²) in [5, 5.41) is 5.65. The van der Waals surface area contributed by atoms with Gasteiger partial charge in [0.05, 0.1) is 16.6 Å². The van der Waals surface area contributed by atoms with Crippen LogP contribution in [0.3, 0.4) is 0 Å². The van der Waals surface area contributed by atoms with E-state index in [1.165, 1.54) is 0 Å². The van der Waals surface area contributed by atoms with Crippen molar-refractivity contribution in [3.8, 4) is 0 Å². The van der Waals surface area contributed by atoms with Gasteiger partial charge in [-0.2, -0.15) is 0 Å². The third kappa shape index (κ3) is 2.18. The first-order valence-corrected chi connectivity index (χ1v) is 8.59. The summed E-state index contributed by atoms with van der Waals surface area (Å²) in [6.07, 6.45) is 0.199. The van der Waals surface area contributed by atoms with Gasteiger partial charge in [0, 0.05) is 32.5 Å². The normalized spacial score (nSPS) is 17.0. The molecule has 2 N–H and O–H groups in total. The van der Waals surface area contributed by atoms with Crippen LogP contribution in [-0.4, -0.2) is 24.8 Å². The van der Waals surface area contributed by atoms with Crippen molar-refractivity contribution in [2.45, 2.75) is 32.2 Å². The Morgan fingerprint density at radius 2 is 1.77 bits per heavy atom. The maximum Gasteiger partial charge on any atom is 0.328 e. The van der Waals surface area contributed by atoms with Crippen LogP contribution in [0.15, 0.2) is 27.8 Å². The Hall–Kier alpha value is -3.03. The Morgan fingerprint density at radius 1 is 1.08 bits per heavy atom. The van der Waals surface area contributed by atoms with Crippen LogP contribution < -0.4 is 16.6 Å². The number of nitrogens with zero attached hydrogens (tertiary/aromatic N) is 3. The van der Waals surface area contributed by atoms with Crippen LogP contribution in [-0.2, 0) is 18.9 Å². The van der Waals surface area contributed by atoms with Gasteiger partial charge in [0.2, 0.25) is 5.91 Å². The van der Waals surface area contributed by atoms with Crippen LogP contribution in [0.2, 0.25) is 0 Å².